The van der Waals surface area contributed by atoms with Crippen LogP contribution < -0.4 is 10.1 Å². The number of fused-ring (bicyclic) bond motifs is 1. The van der Waals surface area contributed by atoms with Crippen LogP contribution >= 0.6 is 11.6 Å². The minimum atomic E-state index is -0.629. The molecule has 0 radical (unpaired) electrons. The van der Waals surface area contributed by atoms with Crippen LogP contribution in [-0.2, 0) is 0 Å². The topological polar surface area (TPSA) is 112 Å². The number of carbonyl (C=O) groups is 1. The van der Waals surface area contributed by atoms with Crippen molar-refractivity contribution in [1.82, 2.24) is 15.0 Å². The Balaban J connectivity index is 1.61. The van der Waals surface area contributed by atoms with E-state index in [1.54, 1.807) is 6.07 Å². The average molecular weight is 452 g/mol. The largest absolute Gasteiger partial charge is 0.494 e. The second-order valence-electron chi connectivity index (χ2n) is 6.95. The summed E-state index contributed by atoms with van der Waals surface area (Å²) < 4.78 is 5.45. The van der Waals surface area contributed by atoms with E-state index in [0.717, 1.165) is 23.1 Å². The zero-order valence-corrected chi connectivity index (χ0v) is 18.0. The molecule has 4 aromatic rings. The van der Waals surface area contributed by atoms with Crippen molar-refractivity contribution in [3.63, 3.8) is 0 Å². The van der Waals surface area contributed by atoms with Gasteiger partial charge in [-0.25, -0.2) is 0 Å². The first-order valence-electron chi connectivity index (χ1n) is 9.72. The predicted molar refractivity (Wildman–Crippen MR) is 121 cm³/mol. The van der Waals surface area contributed by atoms with Gasteiger partial charge in [-0.05, 0) is 67.9 Å². The van der Waals surface area contributed by atoms with Gasteiger partial charge in [0.2, 0.25) is 0 Å². The number of ether oxygens (including phenoxy) is 1. The van der Waals surface area contributed by atoms with Crippen LogP contribution in [-0.4, -0.2) is 32.4 Å². The summed E-state index contributed by atoms with van der Waals surface area (Å²) >= 11 is 5.83. The Morgan fingerprint density at radius 2 is 1.81 bits per heavy atom. The highest BCUT2D eigenvalue weighted by Gasteiger charge is 2.17. The van der Waals surface area contributed by atoms with Crippen LogP contribution in [0, 0.1) is 17.0 Å². The lowest BCUT2D eigenvalue weighted by molar-refractivity contribution is -0.384. The Hall–Kier alpha value is -3.98. The molecule has 1 amide bonds. The molecule has 1 aromatic heterocycles. The number of nitro benzene ring substituents is 1. The zero-order chi connectivity index (χ0) is 22.8. The molecule has 1 heterocycles. The van der Waals surface area contributed by atoms with Crippen LogP contribution in [0.1, 0.15) is 22.8 Å². The van der Waals surface area contributed by atoms with Crippen molar-refractivity contribution < 1.29 is 14.5 Å². The van der Waals surface area contributed by atoms with Gasteiger partial charge in [-0.1, -0.05) is 11.6 Å². The van der Waals surface area contributed by atoms with Crippen molar-refractivity contribution in [2.75, 3.05) is 11.9 Å². The highest BCUT2D eigenvalue weighted by atomic mass is 35.5. The third kappa shape index (κ3) is 4.23. The van der Waals surface area contributed by atoms with E-state index in [2.05, 4.69) is 15.5 Å². The molecular weight excluding hydrogens is 434 g/mol. The Kier molecular flexibility index (Phi) is 5.74. The lowest BCUT2D eigenvalue weighted by Crippen LogP contribution is -2.13. The highest BCUT2D eigenvalue weighted by molar-refractivity contribution is 6.32. The monoisotopic (exact) mass is 451 g/mol. The summed E-state index contributed by atoms with van der Waals surface area (Å²) in [6.07, 6.45) is 0. The summed E-state index contributed by atoms with van der Waals surface area (Å²) in [4.78, 5) is 24.6. The number of aryl methyl sites for hydroxylation is 1. The standard InChI is InChI=1S/C22H18ClN5O4/c1-3-32-16-7-5-15(6-8-16)27-25-19-10-13(2)18(12-20(19)26-27)24-22(29)14-4-9-17(23)21(11-14)28(30)31/h4-12H,3H2,1-2H3,(H,24,29). The molecule has 10 heteroatoms. The minimum absolute atomic E-state index is 0.0324. The lowest BCUT2D eigenvalue weighted by atomic mass is 10.1. The third-order valence-corrected chi connectivity index (χ3v) is 5.08. The molecule has 3 aromatic carbocycles. The van der Waals surface area contributed by atoms with Gasteiger partial charge in [-0.3, -0.25) is 14.9 Å². The van der Waals surface area contributed by atoms with Gasteiger partial charge < -0.3 is 10.1 Å². The van der Waals surface area contributed by atoms with Gasteiger partial charge in [0.15, 0.2) is 0 Å². The normalized spacial score (nSPS) is 10.8. The van der Waals surface area contributed by atoms with Gasteiger partial charge in [-0.2, -0.15) is 4.80 Å². The number of benzene rings is 3. The molecule has 4 rings (SSSR count). The number of nitrogens with zero attached hydrogens (tertiary/aromatic N) is 4. The van der Waals surface area contributed by atoms with Crippen molar-refractivity contribution in [3.8, 4) is 11.4 Å². The zero-order valence-electron chi connectivity index (χ0n) is 17.2. The summed E-state index contributed by atoms with van der Waals surface area (Å²) in [6, 6.07) is 14.8. The number of aromatic nitrogens is 3. The number of anilines is 1. The van der Waals surface area contributed by atoms with E-state index in [1.807, 2.05) is 44.2 Å². The molecule has 0 bridgehead atoms. The van der Waals surface area contributed by atoms with E-state index >= 15 is 0 Å². The third-order valence-electron chi connectivity index (χ3n) is 4.76. The second kappa shape index (κ2) is 8.64. The van der Waals surface area contributed by atoms with E-state index in [1.165, 1.54) is 16.9 Å². The minimum Gasteiger partial charge on any atom is -0.494 e. The van der Waals surface area contributed by atoms with E-state index < -0.39 is 10.8 Å². The number of halogens is 1. The SMILES string of the molecule is CCOc1ccc(-n2nc3cc(C)c(NC(=O)c4ccc(Cl)c([N+](=O)[O-])c4)cc3n2)cc1. The lowest BCUT2D eigenvalue weighted by Gasteiger charge is -2.08. The van der Waals surface area contributed by atoms with E-state index in [4.69, 9.17) is 16.3 Å². The highest BCUT2D eigenvalue weighted by Crippen LogP contribution is 2.27. The predicted octanol–water partition coefficient (Wildman–Crippen LogP) is 4.94. The number of carbonyl (C=O) groups excluding carboxylic acids is 1. The summed E-state index contributed by atoms with van der Waals surface area (Å²) in [6.45, 7) is 4.33. The summed E-state index contributed by atoms with van der Waals surface area (Å²) in [7, 11) is 0. The molecule has 0 fully saturated rings. The second-order valence-corrected chi connectivity index (χ2v) is 7.36. The molecular formula is C22H18ClN5O4. The number of nitro groups is 1. The molecule has 0 aliphatic rings. The van der Waals surface area contributed by atoms with Gasteiger partial charge in [0, 0.05) is 17.3 Å². The number of hydrogen-bond donors (Lipinski definition) is 1. The van der Waals surface area contributed by atoms with E-state index in [-0.39, 0.29) is 16.3 Å². The molecule has 0 aliphatic heterocycles. The van der Waals surface area contributed by atoms with Gasteiger partial charge in [0.25, 0.3) is 11.6 Å². The molecule has 0 saturated carbocycles. The number of hydrogen-bond acceptors (Lipinski definition) is 6. The van der Waals surface area contributed by atoms with Crippen molar-refractivity contribution >= 4 is 39.9 Å². The Labute approximate surface area is 187 Å². The van der Waals surface area contributed by atoms with Gasteiger partial charge in [0.1, 0.15) is 21.8 Å². The molecule has 0 saturated heterocycles. The molecule has 0 atom stereocenters. The van der Waals surface area contributed by atoms with Crippen LogP contribution in [0.4, 0.5) is 11.4 Å². The van der Waals surface area contributed by atoms with Crippen LogP contribution in [0.15, 0.2) is 54.6 Å². The quantitative estimate of drug-likeness (QED) is 0.328. The fraction of sp³-hybridized carbons (Fsp3) is 0.136. The van der Waals surface area contributed by atoms with E-state index in [0.29, 0.717) is 23.3 Å². The van der Waals surface area contributed by atoms with Crippen LogP contribution in [0.5, 0.6) is 5.75 Å². The number of nitrogens with one attached hydrogen (secondary N) is 1. The molecule has 0 unspecified atom stereocenters. The number of amides is 1. The molecule has 162 valence electrons. The van der Waals surface area contributed by atoms with Crippen molar-refractivity contribution in [2.45, 2.75) is 13.8 Å². The van der Waals surface area contributed by atoms with Crippen molar-refractivity contribution in [3.05, 3.63) is 80.9 Å². The van der Waals surface area contributed by atoms with Crippen LogP contribution in [0.3, 0.4) is 0 Å². The van der Waals surface area contributed by atoms with E-state index in [9.17, 15) is 14.9 Å². The molecule has 0 aliphatic carbocycles. The van der Waals surface area contributed by atoms with Gasteiger partial charge >= 0.3 is 0 Å². The maximum absolute atomic E-state index is 12.7. The van der Waals surface area contributed by atoms with Crippen molar-refractivity contribution in [2.24, 2.45) is 0 Å². The molecule has 32 heavy (non-hydrogen) atoms. The smallest absolute Gasteiger partial charge is 0.288 e. The van der Waals surface area contributed by atoms with Gasteiger partial charge in [0.05, 0.1) is 17.2 Å². The maximum Gasteiger partial charge on any atom is 0.288 e. The average Bonchev–Trinajstić information content (AvgIpc) is 3.17. The first kappa shape index (κ1) is 21.3. The summed E-state index contributed by atoms with van der Waals surface area (Å²) in [5, 5.41) is 22.8. The molecule has 0 spiro atoms. The fourth-order valence-electron chi connectivity index (χ4n) is 3.15. The fourth-order valence-corrected chi connectivity index (χ4v) is 3.34. The molecule has 9 nitrogen and oxygen atoms in total. The Morgan fingerprint density at radius 3 is 2.47 bits per heavy atom. The summed E-state index contributed by atoms with van der Waals surface area (Å²) in [5.41, 5.74) is 3.11. The van der Waals surface area contributed by atoms with Gasteiger partial charge in [-0.15, -0.1) is 10.2 Å². The summed E-state index contributed by atoms with van der Waals surface area (Å²) in [5.74, 6) is 0.266. The Bertz CT molecular complexity index is 1330. The van der Waals surface area contributed by atoms with Crippen LogP contribution in [0.25, 0.3) is 16.7 Å². The first-order valence-corrected chi connectivity index (χ1v) is 10.1. The first-order chi connectivity index (χ1) is 15.4. The maximum atomic E-state index is 12.7. The van der Waals surface area contributed by atoms with Crippen LogP contribution in [0.2, 0.25) is 5.02 Å². The number of rotatable bonds is 6. The Morgan fingerprint density at radius 1 is 1.12 bits per heavy atom. The van der Waals surface area contributed by atoms with Crippen molar-refractivity contribution in [1.29, 1.82) is 0 Å². The molecule has 1 N–H and O–H groups in total.